The van der Waals surface area contributed by atoms with E-state index in [-0.39, 0.29) is 23.9 Å². The normalized spacial score (nSPS) is 18.1. The molecule has 164 valence electrons. The van der Waals surface area contributed by atoms with Gasteiger partial charge in [0.15, 0.2) is 0 Å². The second-order valence-corrected chi connectivity index (χ2v) is 9.41. The SMILES string of the molecule is Cc1ccc(C(=O)N2CCSC2)c(C2CCN(C(=O)N[C@@H](C)c3ccccc3)CC2)n1. The number of carbonyl (C=O) groups excluding carboxylic acids is 2. The minimum atomic E-state index is -0.0348. The van der Waals surface area contributed by atoms with Crippen LogP contribution in [-0.4, -0.2) is 58.0 Å². The summed E-state index contributed by atoms with van der Waals surface area (Å²) in [7, 11) is 0. The summed E-state index contributed by atoms with van der Waals surface area (Å²) in [6, 6.07) is 13.8. The number of likely N-dealkylation sites (tertiary alicyclic amines) is 1. The van der Waals surface area contributed by atoms with E-state index in [1.54, 1.807) is 11.8 Å². The number of rotatable bonds is 4. The molecular weight excluding hydrogens is 408 g/mol. The molecular formula is C24H30N4O2S. The first kappa shape index (κ1) is 21.7. The van der Waals surface area contributed by atoms with Crippen LogP contribution in [0.2, 0.25) is 0 Å². The maximum absolute atomic E-state index is 13.0. The number of aryl methyl sites for hydroxylation is 1. The number of thioether (sulfide) groups is 1. The van der Waals surface area contributed by atoms with Gasteiger partial charge in [-0.05, 0) is 44.4 Å². The number of pyridine rings is 1. The number of urea groups is 1. The smallest absolute Gasteiger partial charge is 0.317 e. The summed E-state index contributed by atoms with van der Waals surface area (Å²) in [5.41, 5.74) is 3.66. The topological polar surface area (TPSA) is 65.5 Å². The Morgan fingerprint density at radius 3 is 2.48 bits per heavy atom. The summed E-state index contributed by atoms with van der Waals surface area (Å²) in [5, 5.41) is 3.10. The highest BCUT2D eigenvalue weighted by molar-refractivity contribution is 7.99. The lowest BCUT2D eigenvalue weighted by atomic mass is 9.90. The zero-order valence-electron chi connectivity index (χ0n) is 18.2. The second-order valence-electron chi connectivity index (χ2n) is 8.33. The van der Waals surface area contributed by atoms with Gasteiger partial charge in [-0.2, -0.15) is 0 Å². The predicted octanol–water partition coefficient (Wildman–Crippen LogP) is 4.19. The summed E-state index contributed by atoms with van der Waals surface area (Å²) in [6.45, 7) is 6.11. The first-order chi connectivity index (χ1) is 15.0. The Bertz CT molecular complexity index is 922. The van der Waals surface area contributed by atoms with E-state index in [0.717, 1.165) is 53.5 Å². The molecule has 0 saturated carbocycles. The van der Waals surface area contributed by atoms with Crippen LogP contribution in [0, 0.1) is 6.92 Å². The Kier molecular flexibility index (Phi) is 6.80. The number of nitrogens with one attached hydrogen (secondary N) is 1. The van der Waals surface area contributed by atoms with Crippen LogP contribution in [0.4, 0.5) is 4.79 Å². The summed E-state index contributed by atoms with van der Waals surface area (Å²) in [5.74, 6) is 2.04. The van der Waals surface area contributed by atoms with E-state index >= 15 is 0 Å². The molecule has 1 aromatic carbocycles. The molecule has 0 aliphatic carbocycles. The molecule has 0 unspecified atom stereocenters. The molecule has 4 rings (SSSR count). The van der Waals surface area contributed by atoms with Gasteiger partial charge in [0.1, 0.15) is 0 Å². The van der Waals surface area contributed by atoms with Crippen molar-refractivity contribution in [2.24, 2.45) is 0 Å². The summed E-state index contributed by atoms with van der Waals surface area (Å²) in [4.78, 5) is 34.4. The van der Waals surface area contributed by atoms with Gasteiger partial charge in [0, 0.05) is 37.0 Å². The van der Waals surface area contributed by atoms with E-state index in [0.29, 0.717) is 13.1 Å². The number of amides is 3. The van der Waals surface area contributed by atoms with Crippen molar-refractivity contribution < 1.29 is 9.59 Å². The van der Waals surface area contributed by atoms with Crippen LogP contribution in [0.5, 0.6) is 0 Å². The number of hydrogen-bond donors (Lipinski definition) is 1. The largest absolute Gasteiger partial charge is 0.331 e. The van der Waals surface area contributed by atoms with Gasteiger partial charge in [0.05, 0.1) is 23.2 Å². The van der Waals surface area contributed by atoms with Crippen molar-refractivity contribution in [3.8, 4) is 0 Å². The van der Waals surface area contributed by atoms with Crippen LogP contribution < -0.4 is 5.32 Å². The van der Waals surface area contributed by atoms with E-state index < -0.39 is 0 Å². The van der Waals surface area contributed by atoms with Crippen LogP contribution in [0.25, 0.3) is 0 Å². The van der Waals surface area contributed by atoms with Crippen LogP contribution in [0.3, 0.4) is 0 Å². The average Bonchev–Trinajstić information content (AvgIpc) is 3.34. The van der Waals surface area contributed by atoms with Crippen molar-refractivity contribution in [1.29, 1.82) is 0 Å². The predicted molar refractivity (Wildman–Crippen MR) is 124 cm³/mol. The fraction of sp³-hybridized carbons (Fsp3) is 0.458. The average molecular weight is 439 g/mol. The fourth-order valence-corrected chi connectivity index (χ4v) is 5.22. The third-order valence-electron chi connectivity index (χ3n) is 6.14. The second kappa shape index (κ2) is 9.73. The van der Waals surface area contributed by atoms with E-state index in [2.05, 4.69) is 5.32 Å². The number of hydrogen-bond acceptors (Lipinski definition) is 4. The highest BCUT2D eigenvalue weighted by atomic mass is 32.2. The summed E-state index contributed by atoms with van der Waals surface area (Å²) in [6.07, 6.45) is 1.64. The number of nitrogens with zero attached hydrogens (tertiary/aromatic N) is 3. The molecule has 0 bridgehead atoms. The molecule has 31 heavy (non-hydrogen) atoms. The molecule has 1 N–H and O–H groups in total. The van der Waals surface area contributed by atoms with Gasteiger partial charge in [-0.15, -0.1) is 11.8 Å². The lowest BCUT2D eigenvalue weighted by molar-refractivity contribution is 0.0799. The number of aromatic nitrogens is 1. The Morgan fingerprint density at radius 2 is 1.81 bits per heavy atom. The van der Waals surface area contributed by atoms with Crippen LogP contribution in [0.1, 0.15) is 59.0 Å². The molecule has 2 fully saturated rings. The number of carbonyl (C=O) groups is 2. The van der Waals surface area contributed by atoms with Crippen molar-refractivity contribution in [2.75, 3.05) is 31.3 Å². The third kappa shape index (κ3) is 5.03. The molecule has 2 saturated heterocycles. The van der Waals surface area contributed by atoms with Crippen LogP contribution in [0.15, 0.2) is 42.5 Å². The van der Waals surface area contributed by atoms with Gasteiger partial charge in [-0.25, -0.2) is 4.79 Å². The lowest BCUT2D eigenvalue weighted by Crippen LogP contribution is -2.45. The van der Waals surface area contributed by atoms with E-state index in [1.165, 1.54) is 0 Å². The maximum Gasteiger partial charge on any atom is 0.317 e. The minimum absolute atomic E-state index is 0.0302. The molecule has 2 aliphatic heterocycles. The Labute approximate surface area is 188 Å². The molecule has 1 aromatic heterocycles. The first-order valence-corrected chi connectivity index (χ1v) is 12.1. The maximum atomic E-state index is 13.0. The zero-order valence-corrected chi connectivity index (χ0v) is 19.0. The Balaban J connectivity index is 1.40. The van der Waals surface area contributed by atoms with Gasteiger partial charge in [0.25, 0.3) is 5.91 Å². The van der Waals surface area contributed by atoms with Crippen molar-refractivity contribution in [2.45, 2.75) is 38.6 Å². The van der Waals surface area contributed by atoms with Gasteiger partial charge in [-0.1, -0.05) is 30.3 Å². The van der Waals surface area contributed by atoms with Crippen molar-refractivity contribution in [1.82, 2.24) is 20.1 Å². The Hall–Kier alpha value is -2.54. The first-order valence-electron chi connectivity index (χ1n) is 11.0. The van der Waals surface area contributed by atoms with Crippen molar-refractivity contribution in [3.05, 3.63) is 65.0 Å². The highest BCUT2D eigenvalue weighted by Crippen LogP contribution is 2.31. The minimum Gasteiger partial charge on any atom is -0.331 e. The quantitative estimate of drug-likeness (QED) is 0.778. The monoisotopic (exact) mass is 438 g/mol. The Morgan fingerprint density at radius 1 is 1.06 bits per heavy atom. The van der Waals surface area contributed by atoms with Gasteiger partial charge in [0.2, 0.25) is 0 Å². The van der Waals surface area contributed by atoms with Crippen LogP contribution >= 0.6 is 11.8 Å². The summed E-state index contributed by atoms with van der Waals surface area (Å²) < 4.78 is 0. The van der Waals surface area contributed by atoms with Crippen LogP contribution in [-0.2, 0) is 0 Å². The molecule has 2 aliphatic rings. The molecule has 0 spiro atoms. The van der Waals surface area contributed by atoms with Crippen molar-refractivity contribution in [3.63, 3.8) is 0 Å². The van der Waals surface area contributed by atoms with E-state index in [1.807, 2.05) is 66.1 Å². The zero-order chi connectivity index (χ0) is 21.8. The van der Waals surface area contributed by atoms with E-state index in [4.69, 9.17) is 4.98 Å². The lowest BCUT2D eigenvalue weighted by Gasteiger charge is -2.33. The molecule has 1 atom stereocenters. The fourth-order valence-electron chi connectivity index (χ4n) is 4.27. The van der Waals surface area contributed by atoms with Gasteiger partial charge >= 0.3 is 6.03 Å². The molecule has 3 amide bonds. The molecule has 3 heterocycles. The number of piperidine rings is 1. The molecule has 0 radical (unpaired) electrons. The number of benzene rings is 1. The molecule has 6 nitrogen and oxygen atoms in total. The standard InChI is InChI=1S/C24H30N4O2S/c1-17-8-9-21(23(29)28-14-15-31-16-28)22(25-17)20-10-12-27(13-11-20)24(30)26-18(2)19-6-4-3-5-7-19/h3-9,18,20H,10-16H2,1-2H3,(H,26,30)/t18-/m0/s1. The van der Waals surface area contributed by atoms with Gasteiger partial charge < -0.3 is 15.1 Å². The summed E-state index contributed by atoms with van der Waals surface area (Å²) >= 11 is 1.79. The van der Waals surface area contributed by atoms with E-state index in [9.17, 15) is 9.59 Å². The highest BCUT2D eigenvalue weighted by Gasteiger charge is 2.30. The third-order valence-corrected chi connectivity index (χ3v) is 7.11. The van der Waals surface area contributed by atoms with Crippen molar-refractivity contribution >= 4 is 23.7 Å². The molecule has 2 aromatic rings. The van der Waals surface area contributed by atoms with Gasteiger partial charge in [-0.3, -0.25) is 9.78 Å². The molecule has 7 heteroatoms.